The Morgan fingerprint density at radius 3 is 2.62 bits per heavy atom. The number of nitrogens with one attached hydrogen (secondary N) is 1. The number of epoxide rings is 1. The first-order chi connectivity index (χ1) is 19.7. The minimum Gasteiger partial charge on any atom is -0.495 e. The smallest absolute Gasteiger partial charge is 0.409 e. The number of nitrogens with zero attached hydrogens (tertiary/aromatic N) is 1. The largest absolute Gasteiger partial charge is 0.495 e. The molecular formula is C30H39ClN2O9. The number of alkyl carbamates (subject to hydrolysis) is 1. The molecule has 2 saturated heterocycles. The van der Waals surface area contributed by atoms with Crippen molar-refractivity contribution in [2.45, 2.75) is 82.7 Å². The highest BCUT2D eigenvalue weighted by Crippen LogP contribution is 2.49. The van der Waals surface area contributed by atoms with E-state index < -0.39 is 53.7 Å². The lowest BCUT2D eigenvalue weighted by Crippen LogP contribution is -2.63. The zero-order valence-electron chi connectivity index (χ0n) is 24.9. The first kappa shape index (κ1) is 31.8. The van der Waals surface area contributed by atoms with Gasteiger partial charge in [0, 0.05) is 33.4 Å². The highest BCUT2D eigenvalue weighted by molar-refractivity contribution is 6.35. The second-order valence-electron chi connectivity index (χ2n) is 11.4. The first-order valence-corrected chi connectivity index (χ1v) is 14.2. The zero-order valence-corrected chi connectivity index (χ0v) is 25.7. The summed E-state index contributed by atoms with van der Waals surface area (Å²) < 4.78 is 28.4. The molecule has 1 aromatic carbocycles. The Labute approximate surface area is 250 Å². The summed E-state index contributed by atoms with van der Waals surface area (Å²) in [5, 5.41) is 14.3. The summed E-state index contributed by atoms with van der Waals surface area (Å²) in [5.41, 5.74) is -0.570. The molecule has 3 aliphatic rings. The number of benzene rings is 1. The fourth-order valence-electron chi connectivity index (χ4n) is 5.81. The molecule has 2 amide bonds. The number of aliphatic hydroxyl groups is 1. The number of fused-ring (bicyclic) bond motifs is 5. The molecule has 7 atom stereocenters. The van der Waals surface area contributed by atoms with Crippen LogP contribution >= 0.6 is 11.6 Å². The molecule has 2 N–H and O–H groups in total. The lowest BCUT2D eigenvalue weighted by atomic mass is 9.83. The third kappa shape index (κ3) is 6.44. The number of amides is 2. The first-order valence-electron chi connectivity index (χ1n) is 13.8. The lowest BCUT2D eigenvalue weighted by molar-refractivity contribution is -0.151. The third-order valence-corrected chi connectivity index (χ3v) is 8.64. The molecule has 0 radical (unpaired) electrons. The van der Waals surface area contributed by atoms with E-state index in [1.807, 2.05) is 26.0 Å². The molecule has 12 heteroatoms. The SMILES string of the molecule is COc1cc2cc(c1Cl)N(C)C(=O)C[C@H](OC(C)=O)[C@]1(C)O[C@H]1[C@H](C)[C@@H]1C[C@@](O)(NC(=O)O1)[C@H](OC)/C=C\C=C(\C)C2. The predicted octanol–water partition coefficient (Wildman–Crippen LogP) is 3.69. The second-order valence-corrected chi connectivity index (χ2v) is 11.8. The van der Waals surface area contributed by atoms with Crippen molar-refractivity contribution >= 4 is 35.3 Å². The third-order valence-electron chi connectivity index (χ3n) is 8.26. The summed E-state index contributed by atoms with van der Waals surface area (Å²) >= 11 is 6.64. The number of hydrogen-bond acceptors (Lipinski definition) is 9. The fraction of sp³-hybridized carbons (Fsp3) is 0.567. The second kappa shape index (κ2) is 12.2. The van der Waals surface area contributed by atoms with E-state index in [1.54, 1.807) is 32.2 Å². The van der Waals surface area contributed by atoms with Crippen LogP contribution in [0, 0.1) is 5.92 Å². The van der Waals surface area contributed by atoms with Gasteiger partial charge in [-0.25, -0.2) is 4.79 Å². The van der Waals surface area contributed by atoms with Gasteiger partial charge in [0.25, 0.3) is 0 Å². The van der Waals surface area contributed by atoms with Crippen LogP contribution < -0.4 is 15.0 Å². The number of esters is 1. The van der Waals surface area contributed by atoms with Crippen molar-refractivity contribution in [3.8, 4) is 5.75 Å². The summed E-state index contributed by atoms with van der Waals surface area (Å²) in [5.74, 6) is -0.951. The molecule has 4 bridgehead atoms. The highest BCUT2D eigenvalue weighted by Gasteiger charge is 2.64. The molecule has 3 aliphatic heterocycles. The Kier molecular flexibility index (Phi) is 9.27. The zero-order chi connectivity index (χ0) is 31.0. The van der Waals surface area contributed by atoms with Crippen LogP contribution in [0.25, 0.3) is 0 Å². The molecule has 0 aromatic heterocycles. The van der Waals surface area contributed by atoms with Crippen LogP contribution in [0.2, 0.25) is 5.02 Å². The van der Waals surface area contributed by atoms with Crippen LogP contribution in [0.4, 0.5) is 10.5 Å². The number of hydrogen-bond donors (Lipinski definition) is 2. The summed E-state index contributed by atoms with van der Waals surface area (Å²) in [7, 11) is 4.54. The molecule has 42 heavy (non-hydrogen) atoms. The number of carbonyl (C=O) groups is 3. The van der Waals surface area contributed by atoms with Gasteiger partial charge in [-0.05, 0) is 38.0 Å². The van der Waals surface area contributed by atoms with Gasteiger partial charge in [-0.3, -0.25) is 14.9 Å². The molecule has 0 saturated carbocycles. The molecule has 2 fully saturated rings. The minimum atomic E-state index is -1.76. The van der Waals surface area contributed by atoms with Crippen molar-refractivity contribution < 1.29 is 43.2 Å². The van der Waals surface area contributed by atoms with Crippen LogP contribution in [0.5, 0.6) is 5.75 Å². The number of rotatable bonds is 3. The average Bonchev–Trinajstić information content (AvgIpc) is 3.61. The lowest BCUT2D eigenvalue weighted by Gasteiger charge is -2.42. The van der Waals surface area contributed by atoms with Gasteiger partial charge >= 0.3 is 12.1 Å². The van der Waals surface area contributed by atoms with Crippen LogP contribution in [0.15, 0.2) is 35.9 Å². The van der Waals surface area contributed by atoms with Crippen LogP contribution in [0.1, 0.15) is 46.1 Å². The number of methoxy groups -OCH3 is 2. The van der Waals surface area contributed by atoms with E-state index in [9.17, 15) is 19.5 Å². The maximum absolute atomic E-state index is 13.6. The van der Waals surface area contributed by atoms with E-state index in [2.05, 4.69) is 5.32 Å². The maximum Gasteiger partial charge on any atom is 0.409 e. The summed E-state index contributed by atoms with van der Waals surface area (Å²) in [4.78, 5) is 39.7. The van der Waals surface area contributed by atoms with Crippen molar-refractivity contribution in [1.82, 2.24) is 5.32 Å². The van der Waals surface area contributed by atoms with E-state index in [4.69, 9.17) is 35.3 Å². The molecule has 3 heterocycles. The number of anilines is 1. The van der Waals surface area contributed by atoms with E-state index in [-0.39, 0.29) is 23.8 Å². The topological polar surface area (TPSA) is 136 Å². The number of halogens is 1. The molecule has 4 rings (SSSR count). The monoisotopic (exact) mass is 606 g/mol. The quantitative estimate of drug-likeness (QED) is 0.390. The van der Waals surface area contributed by atoms with Crippen molar-refractivity contribution in [2.24, 2.45) is 5.92 Å². The van der Waals surface area contributed by atoms with Gasteiger partial charge in [-0.2, -0.15) is 0 Å². The molecular weight excluding hydrogens is 568 g/mol. The van der Waals surface area contributed by atoms with Crippen molar-refractivity contribution in [2.75, 3.05) is 26.2 Å². The van der Waals surface area contributed by atoms with E-state index in [1.165, 1.54) is 26.0 Å². The van der Waals surface area contributed by atoms with Crippen LogP contribution in [-0.4, -0.2) is 80.1 Å². The highest BCUT2D eigenvalue weighted by atomic mass is 35.5. The number of allylic oxidation sites excluding steroid dienone is 3. The van der Waals surface area contributed by atoms with Crippen LogP contribution in [0.3, 0.4) is 0 Å². The molecule has 230 valence electrons. The minimum absolute atomic E-state index is 0.00538. The van der Waals surface area contributed by atoms with Crippen molar-refractivity contribution in [1.29, 1.82) is 0 Å². The Hall–Kier alpha value is -3.12. The molecule has 11 nitrogen and oxygen atoms in total. The predicted molar refractivity (Wildman–Crippen MR) is 154 cm³/mol. The number of ether oxygens (including phenoxy) is 5. The number of carbonyl (C=O) groups excluding carboxylic acids is 3. The van der Waals surface area contributed by atoms with Gasteiger partial charge < -0.3 is 33.7 Å². The normalized spacial score (nSPS) is 35.6. The Bertz CT molecular complexity index is 1300. The summed E-state index contributed by atoms with van der Waals surface area (Å²) in [6.07, 6.45) is 1.67. The molecule has 0 aliphatic carbocycles. The van der Waals surface area contributed by atoms with Crippen molar-refractivity contribution in [3.05, 3.63) is 46.5 Å². The van der Waals surface area contributed by atoms with Gasteiger partial charge in [0.05, 0.1) is 25.3 Å². The van der Waals surface area contributed by atoms with E-state index in [0.717, 1.165) is 11.1 Å². The Morgan fingerprint density at radius 2 is 1.98 bits per heavy atom. The Balaban J connectivity index is 1.79. The van der Waals surface area contributed by atoms with Gasteiger partial charge in [0.15, 0.2) is 5.72 Å². The van der Waals surface area contributed by atoms with E-state index >= 15 is 0 Å². The Morgan fingerprint density at radius 1 is 1.26 bits per heavy atom. The molecule has 0 spiro atoms. The maximum atomic E-state index is 13.6. The summed E-state index contributed by atoms with van der Waals surface area (Å²) in [6, 6.07) is 3.62. The van der Waals surface area contributed by atoms with Crippen molar-refractivity contribution in [3.63, 3.8) is 0 Å². The van der Waals surface area contributed by atoms with Gasteiger partial charge in [0.1, 0.15) is 34.7 Å². The summed E-state index contributed by atoms with van der Waals surface area (Å²) in [6.45, 7) is 6.77. The molecule has 0 unspecified atom stereocenters. The fourth-order valence-corrected chi connectivity index (χ4v) is 6.12. The average molecular weight is 607 g/mol. The molecule has 1 aromatic rings. The standard InChI is InChI=1S/C30H39ClN2O9/c1-16-9-8-10-23(39-7)30(37)15-22(41-28(36)32-30)17(2)27-29(4,42-27)24(40-18(3)34)14-25(35)33(5)20-12-19(11-16)13-21(38-6)26(20)31/h8-10,12-13,17,22-24,27,37H,11,14-15H2,1-7H3,(H,32,36)/b10-8-,16-9-/t17-,22+,23-,24+,27+,29+,30+/m1/s1. The van der Waals surface area contributed by atoms with Gasteiger partial charge in [-0.15, -0.1) is 0 Å². The van der Waals surface area contributed by atoms with Gasteiger partial charge in [0.2, 0.25) is 5.91 Å². The van der Waals surface area contributed by atoms with E-state index in [0.29, 0.717) is 17.9 Å². The van der Waals surface area contributed by atoms with Crippen LogP contribution in [-0.2, 0) is 35.0 Å². The van der Waals surface area contributed by atoms with Gasteiger partial charge in [-0.1, -0.05) is 42.3 Å².